The van der Waals surface area contributed by atoms with Gasteiger partial charge in [0.25, 0.3) is 6.43 Å². The summed E-state index contributed by atoms with van der Waals surface area (Å²) in [5.41, 5.74) is -0.358. The van der Waals surface area contributed by atoms with Gasteiger partial charge in [0.05, 0.1) is 22.7 Å². The van der Waals surface area contributed by atoms with Crippen LogP contribution in [0.2, 0.25) is 5.02 Å². The molecule has 2 rings (SSSR count). The van der Waals surface area contributed by atoms with Crippen LogP contribution in [-0.2, 0) is 28.2 Å². The number of carbonyl (C=O) groups is 1. The van der Waals surface area contributed by atoms with Gasteiger partial charge in [-0.2, -0.15) is 5.10 Å². The molecule has 26 heavy (non-hydrogen) atoms. The third-order valence-corrected chi connectivity index (χ3v) is 5.10. The Kier molecular flexibility index (Phi) is 5.99. The summed E-state index contributed by atoms with van der Waals surface area (Å²) in [7, 11) is -2.33. The van der Waals surface area contributed by atoms with Crippen LogP contribution in [0.3, 0.4) is 0 Å². The molecule has 0 unspecified atom stereocenters. The summed E-state index contributed by atoms with van der Waals surface area (Å²) in [6.45, 7) is -1.44. The van der Waals surface area contributed by atoms with Crippen LogP contribution < -0.4 is 0 Å². The summed E-state index contributed by atoms with van der Waals surface area (Å²) in [5, 5.41) is 13.3. The van der Waals surface area contributed by atoms with Crippen molar-refractivity contribution in [3.63, 3.8) is 0 Å². The average molecular weight is 409 g/mol. The molecule has 0 radical (unpaired) electrons. The van der Waals surface area contributed by atoms with Gasteiger partial charge in [0.2, 0.25) is 11.7 Å². The lowest BCUT2D eigenvalue weighted by Crippen LogP contribution is -2.11. The molecule has 2 aromatic rings. The van der Waals surface area contributed by atoms with Gasteiger partial charge in [0.1, 0.15) is 12.2 Å². The van der Waals surface area contributed by atoms with E-state index in [0.717, 1.165) is 23.2 Å². The maximum Gasteiger partial charge on any atom is 0.261 e. The molecule has 0 aliphatic rings. The van der Waals surface area contributed by atoms with Crippen molar-refractivity contribution in [3.05, 3.63) is 40.0 Å². The number of ketones is 1. The Morgan fingerprint density at radius 2 is 2.04 bits per heavy atom. The highest BCUT2D eigenvalue weighted by Gasteiger charge is 2.25. The van der Waals surface area contributed by atoms with E-state index < -0.39 is 41.1 Å². The Morgan fingerprint density at radius 3 is 2.54 bits per heavy atom. The van der Waals surface area contributed by atoms with Crippen molar-refractivity contribution in [2.45, 2.75) is 17.9 Å². The molecule has 0 bridgehead atoms. The minimum absolute atomic E-state index is 0.107. The first-order valence-electron chi connectivity index (χ1n) is 7.17. The predicted molar refractivity (Wildman–Crippen MR) is 88.5 cm³/mol. The van der Waals surface area contributed by atoms with Crippen LogP contribution in [0.15, 0.2) is 23.2 Å². The fourth-order valence-electron chi connectivity index (χ4n) is 2.25. The van der Waals surface area contributed by atoms with Crippen LogP contribution >= 0.6 is 11.6 Å². The molecular weight excluding hydrogens is 394 g/mol. The Balaban J connectivity index is 2.52. The van der Waals surface area contributed by atoms with E-state index in [-0.39, 0.29) is 26.6 Å². The summed E-state index contributed by atoms with van der Waals surface area (Å²) < 4.78 is 54.2. The molecule has 0 saturated heterocycles. The molecule has 0 amide bonds. The largest absolute Gasteiger partial charge is 0.493 e. The van der Waals surface area contributed by atoms with E-state index in [1.807, 2.05) is 0 Å². The van der Waals surface area contributed by atoms with Crippen molar-refractivity contribution >= 4 is 27.2 Å². The fourth-order valence-corrected chi connectivity index (χ4v) is 3.53. The number of nitrogens with zero attached hydrogens (tertiary/aromatic N) is 2. The predicted octanol–water partition coefficient (Wildman–Crippen LogP) is 2.20. The van der Waals surface area contributed by atoms with Gasteiger partial charge in [0.15, 0.2) is 9.84 Å². The lowest BCUT2D eigenvalue weighted by atomic mass is 10.0. The van der Waals surface area contributed by atoms with Crippen molar-refractivity contribution in [2.24, 2.45) is 7.05 Å². The summed E-state index contributed by atoms with van der Waals surface area (Å²) in [4.78, 5) is 12.4. The molecule has 1 aromatic carbocycles. The van der Waals surface area contributed by atoms with Crippen molar-refractivity contribution in [3.8, 4) is 5.88 Å². The molecule has 142 valence electrons. The number of sulfone groups is 1. The van der Waals surface area contributed by atoms with Crippen LogP contribution in [-0.4, -0.2) is 48.4 Å². The van der Waals surface area contributed by atoms with E-state index in [1.165, 1.54) is 13.1 Å². The monoisotopic (exact) mass is 408 g/mol. The fraction of sp³-hybridized carbons (Fsp3) is 0.333. The van der Waals surface area contributed by atoms with Crippen LogP contribution in [0.1, 0.15) is 21.5 Å². The van der Waals surface area contributed by atoms with Crippen LogP contribution in [0.25, 0.3) is 0 Å². The number of carbonyl (C=O) groups excluding carboxylic acids is 1. The molecule has 0 aliphatic carbocycles. The Morgan fingerprint density at radius 1 is 1.38 bits per heavy atom. The van der Waals surface area contributed by atoms with Gasteiger partial charge in [-0.15, -0.1) is 0 Å². The number of rotatable bonds is 7. The maximum absolute atomic E-state index is 12.6. The van der Waals surface area contributed by atoms with E-state index in [4.69, 9.17) is 16.3 Å². The highest BCUT2D eigenvalue weighted by atomic mass is 35.5. The number of hydrogen-bond donors (Lipinski definition) is 1. The number of aromatic nitrogens is 2. The second kappa shape index (κ2) is 7.68. The number of benzene rings is 1. The zero-order valence-corrected chi connectivity index (χ0v) is 15.3. The maximum atomic E-state index is 12.6. The van der Waals surface area contributed by atoms with Crippen LogP contribution in [0.4, 0.5) is 8.78 Å². The summed E-state index contributed by atoms with van der Waals surface area (Å²) >= 11 is 6.18. The first-order valence-corrected chi connectivity index (χ1v) is 9.44. The molecular formula is C15H15ClF2N2O5S. The molecule has 0 atom stereocenters. The molecule has 0 aliphatic heterocycles. The summed E-state index contributed by atoms with van der Waals surface area (Å²) in [6.07, 6.45) is -0.692. The van der Waals surface area contributed by atoms with Crippen molar-refractivity contribution in [1.29, 1.82) is 0 Å². The van der Waals surface area contributed by atoms with E-state index in [1.54, 1.807) is 0 Å². The zero-order valence-electron chi connectivity index (χ0n) is 13.7. The number of aryl methyl sites for hydroxylation is 1. The second-order valence-corrected chi connectivity index (χ2v) is 7.78. The van der Waals surface area contributed by atoms with Gasteiger partial charge in [-0.3, -0.25) is 4.79 Å². The van der Waals surface area contributed by atoms with Crippen LogP contribution in [0.5, 0.6) is 5.88 Å². The number of ether oxygens (including phenoxy) is 1. The van der Waals surface area contributed by atoms with Crippen molar-refractivity contribution < 1.29 is 31.8 Å². The zero-order chi connectivity index (χ0) is 19.6. The number of halogens is 3. The van der Waals surface area contributed by atoms with Gasteiger partial charge in [-0.1, -0.05) is 11.6 Å². The third kappa shape index (κ3) is 4.19. The average Bonchev–Trinajstić information content (AvgIpc) is 2.86. The number of hydrogen-bond acceptors (Lipinski definition) is 6. The standard InChI is InChI=1S/C15H15ClF2N2O5S/c1-20-15(22)9(5-19-20)14(21)8-3-4-11(26(2,23)24)10(13(8)16)6-25-7-12(17)18/h3-5,12,22H,6-7H2,1-2H3. The lowest BCUT2D eigenvalue weighted by Gasteiger charge is -2.14. The summed E-state index contributed by atoms with van der Waals surface area (Å²) in [5.74, 6) is -1.09. The molecule has 0 saturated carbocycles. The highest BCUT2D eigenvalue weighted by molar-refractivity contribution is 7.90. The Bertz CT molecular complexity index is 944. The van der Waals surface area contributed by atoms with Gasteiger partial charge in [0, 0.05) is 24.4 Å². The topological polar surface area (TPSA) is 98.5 Å². The highest BCUT2D eigenvalue weighted by Crippen LogP contribution is 2.31. The molecule has 11 heteroatoms. The van der Waals surface area contributed by atoms with Gasteiger partial charge < -0.3 is 9.84 Å². The smallest absolute Gasteiger partial charge is 0.261 e. The lowest BCUT2D eigenvalue weighted by molar-refractivity contribution is 0.00922. The third-order valence-electron chi connectivity index (χ3n) is 3.49. The van der Waals surface area contributed by atoms with Gasteiger partial charge in [-0.25, -0.2) is 21.9 Å². The minimum Gasteiger partial charge on any atom is -0.493 e. The summed E-state index contributed by atoms with van der Waals surface area (Å²) in [6, 6.07) is 2.33. The number of aromatic hydroxyl groups is 1. The molecule has 1 aromatic heterocycles. The SMILES string of the molecule is Cn1ncc(C(=O)c2ccc(S(C)(=O)=O)c(COCC(F)F)c2Cl)c1O. The molecule has 1 N–H and O–H groups in total. The quantitative estimate of drug-likeness (QED) is 0.705. The first-order chi connectivity index (χ1) is 12.0. The van der Waals surface area contributed by atoms with Gasteiger partial charge >= 0.3 is 0 Å². The Labute approximate surface area is 153 Å². The number of alkyl halides is 2. The first kappa shape index (κ1) is 20.3. The van der Waals surface area contributed by atoms with Crippen molar-refractivity contribution in [1.82, 2.24) is 9.78 Å². The van der Waals surface area contributed by atoms with Crippen molar-refractivity contribution in [2.75, 3.05) is 12.9 Å². The van der Waals surface area contributed by atoms with E-state index in [2.05, 4.69) is 5.10 Å². The molecule has 1 heterocycles. The molecule has 0 spiro atoms. The Hall–Kier alpha value is -2.04. The van der Waals surface area contributed by atoms with E-state index in [0.29, 0.717) is 0 Å². The normalized spacial score (nSPS) is 11.9. The van der Waals surface area contributed by atoms with E-state index in [9.17, 15) is 27.1 Å². The molecule has 7 nitrogen and oxygen atoms in total. The molecule has 0 fully saturated rings. The van der Waals surface area contributed by atoms with E-state index >= 15 is 0 Å². The van der Waals surface area contributed by atoms with Gasteiger partial charge in [-0.05, 0) is 12.1 Å². The van der Waals surface area contributed by atoms with Crippen LogP contribution in [0, 0.1) is 0 Å². The second-order valence-electron chi connectivity index (χ2n) is 5.42. The minimum atomic E-state index is -3.75.